The quantitative estimate of drug-likeness (QED) is 0.827. The second kappa shape index (κ2) is 6.68. The summed E-state index contributed by atoms with van der Waals surface area (Å²) in [7, 11) is -3.21. The maximum absolute atomic E-state index is 12.6. The van der Waals surface area contributed by atoms with Crippen molar-refractivity contribution in [1.82, 2.24) is 14.2 Å². The molecule has 1 aliphatic heterocycles. The van der Waals surface area contributed by atoms with Crippen LogP contribution in [0, 0.1) is 0 Å². The SMILES string of the molecule is CS(=O)(=O)N1CCCN(C(=O)c2csc(-c3cccs3)n2)CC1. The van der Waals surface area contributed by atoms with Gasteiger partial charge in [0, 0.05) is 31.6 Å². The summed E-state index contributed by atoms with van der Waals surface area (Å²) in [5.74, 6) is -0.126. The van der Waals surface area contributed by atoms with E-state index in [0.717, 1.165) is 9.88 Å². The highest BCUT2D eigenvalue weighted by atomic mass is 32.2. The van der Waals surface area contributed by atoms with Crippen LogP contribution >= 0.6 is 22.7 Å². The number of aromatic nitrogens is 1. The highest BCUT2D eigenvalue weighted by Gasteiger charge is 2.25. The van der Waals surface area contributed by atoms with E-state index >= 15 is 0 Å². The zero-order valence-corrected chi connectivity index (χ0v) is 15.1. The van der Waals surface area contributed by atoms with Gasteiger partial charge in [-0.2, -0.15) is 0 Å². The number of rotatable bonds is 3. The van der Waals surface area contributed by atoms with Crippen LogP contribution in [0.1, 0.15) is 16.9 Å². The number of nitrogens with zero attached hydrogens (tertiary/aromatic N) is 3. The van der Waals surface area contributed by atoms with Gasteiger partial charge in [0.25, 0.3) is 5.91 Å². The Bertz CT molecular complexity index is 783. The Labute approximate surface area is 143 Å². The summed E-state index contributed by atoms with van der Waals surface area (Å²) in [5, 5.41) is 4.60. The lowest BCUT2D eigenvalue weighted by atomic mass is 10.3. The smallest absolute Gasteiger partial charge is 0.273 e. The van der Waals surface area contributed by atoms with E-state index < -0.39 is 10.0 Å². The molecule has 3 heterocycles. The average molecular weight is 372 g/mol. The Morgan fingerprint density at radius 3 is 2.74 bits per heavy atom. The van der Waals surface area contributed by atoms with E-state index in [0.29, 0.717) is 38.3 Å². The van der Waals surface area contributed by atoms with E-state index in [2.05, 4.69) is 4.98 Å². The van der Waals surface area contributed by atoms with Crippen molar-refractivity contribution >= 4 is 38.6 Å². The Balaban J connectivity index is 1.71. The minimum absolute atomic E-state index is 0.126. The zero-order valence-electron chi connectivity index (χ0n) is 12.6. The van der Waals surface area contributed by atoms with E-state index in [-0.39, 0.29) is 5.91 Å². The molecule has 0 spiro atoms. The molecule has 0 atom stereocenters. The van der Waals surface area contributed by atoms with Crippen molar-refractivity contribution < 1.29 is 13.2 Å². The molecule has 0 radical (unpaired) electrons. The maximum atomic E-state index is 12.6. The lowest BCUT2D eigenvalue weighted by Gasteiger charge is -2.20. The van der Waals surface area contributed by atoms with Crippen molar-refractivity contribution in [2.24, 2.45) is 0 Å². The molecule has 0 aromatic carbocycles. The average Bonchev–Trinajstić information content (AvgIpc) is 3.11. The third-order valence-corrected chi connectivity index (χ3v) is 6.85. The predicted octanol–water partition coefficient (Wildman–Crippen LogP) is 1.98. The number of thiazole rings is 1. The Morgan fingerprint density at radius 2 is 2.04 bits per heavy atom. The molecular formula is C14H17N3O3S3. The number of thiophene rings is 1. The fourth-order valence-corrected chi connectivity index (χ4v) is 4.96. The molecule has 0 unspecified atom stereocenters. The predicted molar refractivity (Wildman–Crippen MR) is 92.4 cm³/mol. The molecule has 0 saturated carbocycles. The van der Waals surface area contributed by atoms with Crippen LogP contribution in [-0.2, 0) is 10.0 Å². The van der Waals surface area contributed by atoms with Crippen LogP contribution in [0.4, 0.5) is 0 Å². The second-order valence-electron chi connectivity index (χ2n) is 5.32. The number of hydrogen-bond acceptors (Lipinski definition) is 6. The van der Waals surface area contributed by atoms with Crippen LogP contribution < -0.4 is 0 Å². The summed E-state index contributed by atoms with van der Waals surface area (Å²) in [5.41, 5.74) is 0.436. The first-order valence-corrected chi connectivity index (χ1v) is 10.8. The number of carbonyl (C=O) groups excluding carboxylic acids is 1. The highest BCUT2D eigenvalue weighted by molar-refractivity contribution is 7.88. The molecule has 1 aliphatic rings. The van der Waals surface area contributed by atoms with Crippen molar-refractivity contribution in [3.8, 4) is 9.88 Å². The van der Waals surface area contributed by atoms with Crippen molar-refractivity contribution in [3.63, 3.8) is 0 Å². The third kappa shape index (κ3) is 3.79. The maximum Gasteiger partial charge on any atom is 0.273 e. The number of hydrogen-bond donors (Lipinski definition) is 0. The van der Waals surface area contributed by atoms with Crippen LogP contribution in [0.5, 0.6) is 0 Å². The summed E-state index contributed by atoms with van der Waals surface area (Å²) in [4.78, 5) is 19.8. The molecule has 2 aromatic rings. The van der Waals surface area contributed by atoms with E-state index in [9.17, 15) is 13.2 Å². The zero-order chi connectivity index (χ0) is 16.4. The van der Waals surface area contributed by atoms with Gasteiger partial charge < -0.3 is 4.90 Å². The molecule has 1 amide bonds. The highest BCUT2D eigenvalue weighted by Crippen LogP contribution is 2.28. The number of amides is 1. The number of carbonyl (C=O) groups is 1. The number of sulfonamides is 1. The molecule has 9 heteroatoms. The van der Waals surface area contributed by atoms with E-state index in [4.69, 9.17) is 0 Å². The van der Waals surface area contributed by atoms with Crippen molar-refractivity contribution in [3.05, 3.63) is 28.6 Å². The lowest BCUT2D eigenvalue weighted by Crippen LogP contribution is -2.37. The summed E-state index contributed by atoms with van der Waals surface area (Å²) >= 11 is 3.05. The monoisotopic (exact) mass is 371 g/mol. The first-order chi connectivity index (χ1) is 10.9. The Kier molecular flexibility index (Phi) is 4.81. The Morgan fingerprint density at radius 1 is 1.22 bits per heavy atom. The first-order valence-electron chi connectivity index (χ1n) is 7.19. The van der Waals surface area contributed by atoms with Gasteiger partial charge in [-0.15, -0.1) is 22.7 Å². The minimum atomic E-state index is -3.21. The molecule has 23 heavy (non-hydrogen) atoms. The molecule has 3 rings (SSSR count). The van der Waals surface area contributed by atoms with Crippen molar-refractivity contribution in [1.29, 1.82) is 0 Å². The summed E-state index contributed by atoms with van der Waals surface area (Å²) < 4.78 is 24.7. The van der Waals surface area contributed by atoms with Crippen LogP contribution in [0.2, 0.25) is 0 Å². The van der Waals surface area contributed by atoms with Crippen molar-refractivity contribution in [2.75, 3.05) is 32.4 Å². The normalized spacial score (nSPS) is 17.2. The molecular weight excluding hydrogens is 354 g/mol. The Hall–Kier alpha value is -1.29. The minimum Gasteiger partial charge on any atom is -0.336 e. The van der Waals surface area contributed by atoms with Gasteiger partial charge in [0.15, 0.2) is 0 Å². The van der Waals surface area contributed by atoms with Gasteiger partial charge in [0.2, 0.25) is 10.0 Å². The largest absolute Gasteiger partial charge is 0.336 e. The third-order valence-electron chi connectivity index (χ3n) is 3.67. The topological polar surface area (TPSA) is 70.6 Å². The van der Waals surface area contributed by atoms with Crippen LogP contribution in [0.15, 0.2) is 22.9 Å². The molecule has 124 valence electrons. The van der Waals surface area contributed by atoms with Gasteiger partial charge in [-0.1, -0.05) is 6.07 Å². The van der Waals surface area contributed by atoms with Crippen LogP contribution in [-0.4, -0.2) is 60.9 Å². The molecule has 1 saturated heterocycles. The van der Waals surface area contributed by atoms with E-state index in [1.54, 1.807) is 21.6 Å². The van der Waals surface area contributed by atoms with E-state index in [1.807, 2.05) is 17.5 Å². The fraction of sp³-hybridized carbons (Fsp3) is 0.429. The van der Waals surface area contributed by atoms with Crippen LogP contribution in [0.25, 0.3) is 9.88 Å². The van der Waals surface area contributed by atoms with Gasteiger partial charge in [-0.05, 0) is 17.9 Å². The van der Waals surface area contributed by atoms with Gasteiger partial charge >= 0.3 is 0 Å². The lowest BCUT2D eigenvalue weighted by molar-refractivity contribution is 0.0759. The van der Waals surface area contributed by atoms with Gasteiger partial charge in [0.1, 0.15) is 10.7 Å². The summed E-state index contributed by atoms with van der Waals surface area (Å²) in [6, 6.07) is 3.94. The van der Waals surface area contributed by atoms with Gasteiger partial charge in [-0.25, -0.2) is 17.7 Å². The van der Waals surface area contributed by atoms with Gasteiger partial charge in [-0.3, -0.25) is 4.79 Å². The fourth-order valence-electron chi connectivity index (χ4n) is 2.48. The standard InChI is InChI=1S/C14H17N3O3S3/c1-23(19,20)17-6-3-5-16(7-8-17)14(18)11-10-22-13(15-11)12-4-2-9-21-12/h2,4,9-10H,3,5-8H2,1H3. The molecule has 0 aliphatic carbocycles. The molecule has 1 fully saturated rings. The van der Waals surface area contributed by atoms with E-state index in [1.165, 1.54) is 21.9 Å². The summed E-state index contributed by atoms with van der Waals surface area (Å²) in [6.07, 6.45) is 1.85. The molecule has 0 N–H and O–H groups in total. The molecule has 2 aromatic heterocycles. The molecule has 6 nitrogen and oxygen atoms in total. The second-order valence-corrected chi connectivity index (χ2v) is 9.11. The molecule has 0 bridgehead atoms. The van der Waals surface area contributed by atoms with Crippen molar-refractivity contribution in [2.45, 2.75) is 6.42 Å². The van der Waals surface area contributed by atoms with Gasteiger partial charge in [0.05, 0.1) is 11.1 Å². The summed E-state index contributed by atoms with van der Waals surface area (Å²) in [6.45, 7) is 1.75. The first kappa shape index (κ1) is 16.6. The van der Waals surface area contributed by atoms with Crippen LogP contribution in [0.3, 0.4) is 0 Å².